The molecular weight excluding hydrogens is 460 g/mol. The number of rotatable bonds is 4. The van der Waals surface area contributed by atoms with Crippen LogP contribution in [0.25, 0.3) is 23.0 Å². The number of H-pyrrole nitrogens is 1. The highest BCUT2D eigenvalue weighted by molar-refractivity contribution is 6.32. The zero-order valence-corrected chi connectivity index (χ0v) is 22.1. The number of benzene rings is 3. The largest absolute Gasteiger partial charge is 0.355 e. The highest BCUT2D eigenvalue weighted by Gasteiger charge is 2.26. The highest BCUT2D eigenvalue weighted by Crippen LogP contribution is 2.38. The molecule has 0 saturated carbocycles. The Morgan fingerprint density at radius 1 is 0.778 bits per heavy atom. The van der Waals surface area contributed by atoms with Crippen LogP contribution in [0.4, 0.5) is 0 Å². The number of hydrogen-bond donors (Lipinski definition) is 1. The molecule has 3 heteroatoms. The van der Waals surface area contributed by atoms with Crippen molar-refractivity contribution >= 4 is 29.1 Å². The van der Waals surface area contributed by atoms with Gasteiger partial charge >= 0.3 is 0 Å². The number of hydrogen-bond acceptors (Lipinski definition) is 1. The van der Waals surface area contributed by atoms with E-state index in [1.54, 1.807) is 0 Å². The number of aromatic amines is 1. The summed E-state index contributed by atoms with van der Waals surface area (Å²) in [6.07, 6.45) is 4.34. The number of aliphatic imine (C=N–C) groups is 1. The molecule has 0 saturated heterocycles. The quantitative estimate of drug-likeness (QED) is 0.295. The van der Waals surface area contributed by atoms with Crippen molar-refractivity contribution in [2.24, 2.45) is 4.99 Å². The zero-order chi connectivity index (χ0) is 25.0. The van der Waals surface area contributed by atoms with E-state index in [0.717, 1.165) is 46.1 Å². The Hall–Kier alpha value is -3.36. The maximum Gasteiger partial charge on any atom is 0.0792 e. The average molecular weight is 491 g/mol. The van der Waals surface area contributed by atoms with Gasteiger partial charge in [-0.05, 0) is 71.2 Å². The Morgan fingerprint density at radius 3 is 2.36 bits per heavy atom. The Balaban J connectivity index is 1.48. The van der Waals surface area contributed by atoms with Crippen molar-refractivity contribution < 1.29 is 0 Å². The lowest BCUT2D eigenvalue weighted by Crippen LogP contribution is -2.07. The van der Waals surface area contributed by atoms with Gasteiger partial charge in [0.1, 0.15) is 0 Å². The Labute approximate surface area is 218 Å². The summed E-state index contributed by atoms with van der Waals surface area (Å²) in [5.41, 5.74) is 14.6. The number of nitrogens with one attached hydrogen (secondary N) is 1. The first kappa shape index (κ1) is 23.1. The van der Waals surface area contributed by atoms with E-state index in [4.69, 9.17) is 16.6 Å². The number of nitrogens with zero attached hydrogens (tertiary/aromatic N) is 1. The molecule has 1 aliphatic heterocycles. The zero-order valence-electron chi connectivity index (χ0n) is 21.3. The summed E-state index contributed by atoms with van der Waals surface area (Å²) in [6.45, 7) is 9.01. The third-order valence-electron chi connectivity index (χ3n) is 7.53. The van der Waals surface area contributed by atoms with Crippen molar-refractivity contribution in [1.82, 2.24) is 4.98 Å². The third kappa shape index (κ3) is 3.94. The normalized spacial score (nSPS) is 15.3. The first-order chi connectivity index (χ1) is 17.4. The molecule has 6 rings (SSSR count). The maximum atomic E-state index is 6.49. The third-order valence-corrected chi connectivity index (χ3v) is 7.76. The molecule has 1 aromatic heterocycles. The van der Waals surface area contributed by atoms with Crippen LogP contribution in [0.3, 0.4) is 0 Å². The van der Waals surface area contributed by atoms with Gasteiger partial charge in [-0.15, -0.1) is 0 Å². The van der Waals surface area contributed by atoms with Gasteiger partial charge in [-0.25, -0.2) is 4.99 Å². The van der Waals surface area contributed by atoms with Crippen LogP contribution < -0.4 is 0 Å². The molecule has 36 heavy (non-hydrogen) atoms. The van der Waals surface area contributed by atoms with Crippen LogP contribution in [0.2, 0.25) is 5.02 Å². The van der Waals surface area contributed by atoms with Gasteiger partial charge < -0.3 is 4.98 Å². The number of fused-ring (bicyclic) bond motifs is 4. The van der Waals surface area contributed by atoms with Gasteiger partial charge in [0, 0.05) is 38.7 Å². The van der Waals surface area contributed by atoms with Crippen molar-refractivity contribution in [3.05, 3.63) is 116 Å². The molecule has 0 unspecified atom stereocenters. The number of aryl methyl sites for hydroxylation is 2. The molecule has 180 valence electrons. The fourth-order valence-electron chi connectivity index (χ4n) is 5.56. The van der Waals surface area contributed by atoms with Gasteiger partial charge in [0.05, 0.1) is 11.4 Å². The Bertz CT molecular complexity index is 1550. The van der Waals surface area contributed by atoms with Crippen LogP contribution in [0.5, 0.6) is 0 Å². The smallest absolute Gasteiger partial charge is 0.0792 e. The van der Waals surface area contributed by atoms with Crippen molar-refractivity contribution in [2.75, 3.05) is 0 Å². The molecule has 0 radical (unpaired) electrons. The van der Waals surface area contributed by atoms with E-state index in [1.165, 1.54) is 39.1 Å². The minimum atomic E-state index is 0.396. The van der Waals surface area contributed by atoms with Crippen molar-refractivity contribution in [3.63, 3.8) is 0 Å². The van der Waals surface area contributed by atoms with E-state index in [9.17, 15) is 0 Å². The van der Waals surface area contributed by atoms with Crippen LogP contribution >= 0.6 is 11.6 Å². The lowest BCUT2D eigenvalue weighted by Gasteiger charge is -2.17. The average Bonchev–Trinajstić information content (AvgIpc) is 3.44. The van der Waals surface area contributed by atoms with Crippen LogP contribution in [0.15, 0.2) is 71.7 Å². The predicted octanol–water partition coefficient (Wildman–Crippen LogP) is 9.03. The molecule has 0 fully saturated rings. The van der Waals surface area contributed by atoms with Crippen molar-refractivity contribution in [2.45, 2.75) is 52.4 Å². The van der Waals surface area contributed by atoms with E-state index in [0.29, 0.717) is 11.8 Å². The second-order valence-corrected chi connectivity index (χ2v) is 11.1. The second-order valence-electron chi connectivity index (χ2n) is 10.6. The van der Waals surface area contributed by atoms with Crippen molar-refractivity contribution in [3.8, 4) is 11.3 Å². The molecule has 0 amide bonds. The fourth-order valence-corrected chi connectivity index (χ4v) is 5.73. The Kier molecular flexibility index (Phi) is 5.73. The van der Waals surface area contributed by atoms with Gasteiger partial charge in [0.25, 0.3) is 0 Å². The van der Waals surface area contributed by atoms with Crippen LogP contribution in [-0.2, 0) is 12.8 Å². The minimum absolute atomic E-state index is 0.396. The first-order valence-electron chi connectivity index (χ1n) is 12.9. The highest BCUT2D eigenvalue weighted by atomic mass is 35.5. The summed E-state index contributed by atoms with van der Waals surface area (Å²) >= 11 is 6.49. The Morgan fingerprint density at radius 2 is 1.56 bits per heavy atom. The maximum absolute atomic E-state index is 6.49. The van der Waals surface area contributed by atoms with Gasteiger partial charge in [0.15, 0.2) is 0 Å². The molecule has 2 aliphatic rings. The van der Waals surface area contributed by atoms with E-state index >= 15 is 0 Å². The minimum Gasteiger partial charge on any atom is -0.355 e. The van der Waals surface area contributed by atoms with Crippen LogP contribution in [0.1, 0.15) is 84.2 Å². The van der Waals surface area contributed by atoms with E-state index in [-0.39, 0.29) is 0 Å². The summed E-state index contributed by atoms with van der Waals surface area (Å²) in [5.74, 6) is 0.885. The van der Waals surface area contributed by atoms with Gasteiger partial charge in [0.2, 0.25) is 0 Å². The van der Waals surface area contributed by atoms with Crippen LogP contribution in [0, 0.1) is 0 Å². The molecule has 1 aliphatic carbocycles. The summed E-state index contributed by atoms with van der Waals surface area (Å²) in [7, 11) is 0. The fraction of sp³-hybridized carbons (Fsp3) is 0.242. The van der Waals surface area contributed by atoms with E-state index in [1.807, 2.05) is 6.07 Å². The van der Waals surface area contributed by atoms with Crippen molar-refractivity contribution in [1.29, 1.82) is 0 Å². The monoisotopic (exact) mass is 490 g/mol. The molecule has 0 atom stereocenters. The molecule has 3 aromatic carbocycles. The predicted molar refractivity (Wildman–Crippen MR) is 153 cm³/mol. The van der Waals surface area contributed by atoms with Gasteiger partial charge in [-0.2, -0.15) is 0 Å². The standard InChI is InChI=1S/C33H31ClN2/c1-19(2)22-11-13-28(29(16-22)20(3)4)33-30-17-24(34)12-14-27(30)31(36-33)18-25-15-23-10-9-21-7-5-6-8-26(21)32(23)35-25/h5-8,11-20,35H,9-10H2,1-4H3. The number of halogens is 1. The topological polar surface area (TPSA) is 28.1 Å². The SMILES string of the molecule is CC(C)c1ccc(C2=NC(=Cc3cc4c([nH]3)-c3ccccc3CC4)c3ccc(Cl)cc32)c(C(C)C)c1. The van der Waals surface area contributed by atoms with Gasteiger partial charge in [-0.3, -0.25) is 0 Å². The first-order valence-corrected chi connectivity index (χ1v) is 13.3. The lowest BCUT2D eigenvalue weighted by atomic mass is 9.87. The number of aromatic nitrogens is 1. The van der Waals surface area contributed by atoms with E-state index in [2.05, 4.69) is 99.4 Å². The molecule has 2 heterocycles. The summed E-state index contributed by atoms with van der Waals surface area (Å²) in [5, 5.41) is 0.736. The second kappa shape index (κ2) is 8.94. The van der Waals surface area contributed by atoms with Gasteiger partial charge in [-0.1, -0.05) is 87.8 Å². The summed E-state index contributed by atoms with van der Waals surface area (Å²) < 4.78 is 0. The molecule has 0 spiro atoms. The van der Waals surface area contributed by atoms with Crippen LogP contribution in [-0.4, -0.2) is 10.7 Å². The lowest BCUT2D eigenvalue weighted by molar-refractivity contribution is 0.832. The molecule has 4 aromatic rings. The molecule has 0 bridgehead atoms. The molecule has 2 nitrogen and oxygen atoms in total. The molecular formula is C33H31ClN2. The van der Waals surface area contributed by atoms with E-state index < -0.39 is 0 Å². The summed E-state index contributed by atoms with van der Waals surface area (Å²) in [6, 6.07) is 24.0. The summed E-state index contributed by atoms with van der Waals surface area (Å²) in [4.78, 5) is 8.92. The molecule has 1 N–H and O–H groups in total.